The molecule has 0 aromatic carbocycles. The minimum absolute atomic E-state index is 0.00204. The van der Waals surface area contributed by atoms with Crippen LogP contribution in [0.3, 0.4) is 0 Å². The Bertz CT molecular complexity index is 335. The van der Waals surface area contributed by atoms with E-state index in [2.05, 4.69) is 0 Å². The molecule has 0 radical (unpaired) electrons. The van der Waals surface area contributed by atoms with E-state index in [1.165, 1.54) is 6.92 Å². The molecular weight excluding hydrogens is 210 g/mol. The summed E-state index contributed by atoms with van der Waals surface area (Å²) in [6.45, 7) is 6.42. The summed E-state index contributed by atoms with van der Waals surface area (Å²) >= 11 is 0. The van der Waals surface area contributed by atoms with Gasteiger partial charge in [-0.25, -0.2) is 4.79 Å². The summed E-state index contributed by atoms with van der Waals surface area (Å²) in [6.07, 6.45) is 0. The van der Waals surface area contributed by atoms with E-state index in [1.807, 2.05) is 6.92 Å². The number of amides is 1. The van der Waals surface area contributed by atoms with E-state index < -0.39 is 5.97 Å². The highest BCUT2D eigenvalue weighted by atomic mass is 16.5. The molecular formula is C11H17NO4. The van der Waals surface area contributed by atoms with E-state index in [1.54, 1.807) is 11.8 Å². The zero-order chi connectivity index (χ0) is 12.3. The molecule has 0 spiro atoms. The van der Waals surface area contributed by atoms with Crippen LogP contribution >= 0.6 is 0 Å². The molecule has 0 bridgehead atoms. The smallest absolute Gasteiger partial charge is 0.331 e. The Morgan fingerprint density at radius 3 is 2.44 bits per heavy atom. The lowest BCUT2D eigenvalue weighted by molar-refractivity contribution is -0.136. The number of carbonyl (C=O) groups excluding carboxylic acids is 1. The number of carbonyl (C=O) groups is 2. The minimum atomic E-state index is -1.05. The molecule has 5 nitrogen and oxygen atoms in total. The number of rotatable bonds is 2. The largest absolute Gasteiger partial charge is 0.478 e. The third-order valence-corrected chi connectivity index (χ3v) is 2.83. The number of hydrogen-bond donors (Lipinski definition) is 1. The Balaban J connectivity index is 2.84. The maximum atomic E-state index is 12.0. The Morgan fingerprint density at radius 1 is 1.31 bits per heavy atom. The van der Waals surface area contributed by atoms with Gasteiger partial charge >= 0.3 is 5.97 Å². The SMILES string of the molecule is CC(C(=O)O)=C(C)C(=O)N1CCOCC1C. The minimum Gasteiger partial charge on any atom is -0.478 e. The average Bonchev–Trinajstić information content (AvgIpc) is 2.26. The highest BCUT2D eigenvalue weighted by molar-refractivity contribution is 6.01. The van der Waals surface area contributed by atoms with Gasteiger partial charge in [0.05, 0.1) is 19.3 Å². The highest BCUT2D eigenvalue weighted by Crippen LogP contribution is 2.13. The molecule has 1 amide bonds. The van der Waals surface area contributed by atoms with Gasteiger partial charge in [0, 0.05) is 17.7 Å². The Labute approximate surface area is 94.7 Å². The molecule has 1 aliphatic rings. The van der Waals surface area contributed by atoms with Gasteiger partial charge < -0.3 is 14.7 Å². The van der Waals surface area contributed by atoms with E-state index in [-0.39, 0.29) is 17.5 Å². The van der Waals surface area contributed by atoms with Gasteiger partial charge in [-0.2, -0.15) is 0 Å². The van der Waals surface area contributed by atoms with E-state index in [0.29, 0.717) is 25.3 Å². The standard InChI is InChI=1S/C11H17NO4/c1-7-6-16-5-4-12(7)10(13)8(2)9(3)11(14)15/h7H,4-6H2,1-3H3,(H,14,15). The van der Waals surface area contributed by atoms with Crippen molar-refractivity contribution in [2.45, 2.75) is 26.8 Å². The van der Waals surface area contributed by atoms with Crippen molar-refractivity contribution < 1.29 is 19.4 Å². The monoisotopic (exact) mass is 227 g/mol. The number of ether oxygens (including phenoxy) is 1. The van der Waals surface area contributed by atoms with Crippen molar-refractivity contribution in [3.05, 3.63) is 11.1 Å². The van der Waals surface area contributed by atoms with Gasteiger partial charge in [0.2, 0.25) is 5.91 Å². The first-order valence-corrected chi connectivity index (χ1v) is 5.24. The zero-order valence-electron chi connectivity index (χ0n) is 9.82. The number of carboxylic acids is 1. The van der Waals surface area contributed by atoms with E-state index in [9.17, 15) is 9.59 Å². The number of morpholine rings is 1. The second-order valence-corrected chi connectivity index (χ2v) is 3.98. The van der Waals surface area contributed by atoms with Crippen LogP contribution in [0.4, 0.5) is 0 Å². The van der Waals surface area contributed by atoms with E-state index in [4.69, 9.17) is 9.84 Å². The maximum absolute atomic E-state index is 12.0. The van der Waals surface area contributed by atoms with Gasteiger partial charge in [-0.05, 0) is 20.8 Å². The van der Waals surface area contributed by atoms with Crippen molar-refractivity contribution in [2.24, 2.45) is 0 Å². The quantitative estimate of drug-likeness (QED) is 0.703. The van der Waals surface area contributed by atoms with Crippen molar-refractivity contribution in [3.63, 3.8) is 0 Å². The molecule has 1 heterocycles. The molecule has 5 heteroatoms. The van der Waals surface area contributed by atoms with E-state index in [0.717, 1.165) is 0 Å². The summed E-state index contributed by atoms with van der Waals surface area (Å²) in [7, 11) is 0. The lowest BCUT2D eigenvalue weighted by Gasteiger charge is -2.33. The van der Waals surface area contributed by atoms with Gasteiger partial charge in [-0.1, -0.05) is 0 Å². The van der Waals surface area contributed by atoms with Crippen molar-refractivity contribution in [1.82, 2.24) is 4.90 Å². The van der Waals surface area contributed by atoms with Crippen molar-refractivity contribution >= 4 is 11.9 Å². The van der Waals surface area contributed by atoms with Gasteiger partial charge in [-0.15, -0.1) is 0 Å². The summed E-state index contributed by atoms with van der Waals surface area (Å²) in [5.41, 5.74) is 0.393. The second kappa shape index (κ2) is 5.12. The summed E-state index contributed by atoms with van der Waals surface area (Å²) < 4.78 is 5.22. The summed E-state index contributed by atoms with van der Waals surface area (Å²) in [5.74, 6) is -1.26. The van der Waals surface area contributed by atoms with Gasteiger partial charge in [0.15, 0.2) is 0 Å². The second-order valence-electron chi connectivity index (χ2n) is 3.98. The van der Waals surface area contributed by atoms with Crippen LogP contribution in [0, 0.1) is 0 Å². The lowest BCUT2D eigenvalue weighted by atomic mass is 10.1. The maximum Gasteiger partial charge on any atom is 0.331 e. The predicted octanol–water partition coefficient (Wildman–Crippen LogP) is 0.655. The number of aliphatic carboxylic acids is 1. The summed E-state index contributed by atoms with van der Waals surface area (Å²) in [5, 5.41) is 8.81. The van der Waals surface area contributed by atoms with Crippen molar-refractivity contribution in [1.29, 1.82) is 0 Å². The fourth-order valence-corrected chi connectivity index (χ4v) is 1.57. The van der Waals surface area contributed by atoms with Crippen LogP contribution in [0.2, 0.25) is 0 Å². The van der Waals surface area contributed by atoms with Gasteiger partial charge in [0.25, 0.3) is 0 Å². The molecule has 1 aliphatic heterocycles. The number of nitrogens with zero attached hydrogens (tertiary/aromatic N) is 1. The van der Waals surface area contributed by atoms with E-state index >= 15 is 0 Å². The molecule has 0 saturated carbocycles. The highest BCUT2D eigenvalue weighted by Gasteiger charge is 2.26. The molecule has 1 saturated heterocycles. The van der Waals surface area contributed by atoms with Crippen LogP contribution in [-0.2, 0) is 14.3 Å². The first-order valence-electron chi connectivity index (χ1n) is 5.24. The fourth-order valence-electron chi connectivity index (χ4n) is 1.57. The van der Waals surface area contributed by atoms with Crippen LogP contribution in [0.25, 0.3) is 0 Å². The summed E-state index contributed by atoms with van der Waals surface area (Å²) in [4.78, 5) is 24.4. The van der Waals surface area contributed by atoms with Crippen molar-refractivity contribution in [3.8, 4) is 0 Å². The summed E-state index contributed by atoms with van der Waals surface area (Å²) in [6, 6.07) is -0.00204. The Hall–Kier alpha value is -1.36. The Morgan fingerprint density at radius 2 is 1.94 bits per heavy atom. The molecule has 1 fully saturated rings. The molecule has 16 heavy (non-hydrogen) atoms. The fraction of sp³-hybridized carbons (Fsp3) is 0.636. The van der Waals surface area contributed by atoms with Crippen LogP contribution in [0.1, 0.15) is 20.8 Å². The van der Waals surface area contributed by atoms with Crippen LogP contribution in [-0.4, -0.2) is 47.7 Å². The Kier molecular flexibility index (Phi) is 4.06. The van der Waals surface area contributed by atoms with Gasteiger partial charge in [-0.3, -0.25) is 4.79 Å². The zero-order valence-corrected chi connectivity index (χ0v) is 9.82. The van der Waals surface area contributed by atoms with Crippen LogP contribution < -0.4 is 0 Å². The molecule has 0 aliphatic carbocycles. The molecule has 0 aromatic heterocycles. The number of hydrogen-bond acceptors (Lipinski definition) is 3. The molecule has 90 valence electrons. The number of carboxylic acid groups (broad SMARTS) is 1. The third kappa shape index (κ3) is 2.61. The van der Waals surface area contributed by atoms with Crippen LogP contribution in [0.5, 0.6) is 0 Å². The first-order chi connectivity index (χ1) is 7.45. The normalized spacial score (nSPS) is 22.7. The third-order valence-electron chi connectivity index (χ3n) is 2.83. The molecule has 1 atom stereocenters. The molecule has 1 N–H and O–H groups in total. The average molecular weight is 227 g/mol. The molecule has 0 aromatic rings. The first kappa shape index (κ1) is 12.7. The topological polar surface area (TPSA) is 66.8 Å². The van der Waals surface area contributed by atoms with Crippen LogP contribution in [0.15, 0.2) is 11.1 Å². The van der Waals surface area contributed by atoms with Gasteiger partial charge in [0.1, 0.15) is 0 Å². The van der Waals surface area contributed by atoms with Crippen molar-refractivity contribution in [2.75, 3.05) is 19.8 Å². The lowest BCUT2D eigenvalue weighted by Crippen LogP contribution is -2.47. The molecule has 1 rings (SSSR count). The molecule has 1 unspecified atom stereocenters. The predicted molar refractivity (Wildman–Crippen MR) is 58.0 cm³/mol.